The molecule has 0 aliphatic carbocycles. The summed E-state index contributed by atoms with van der Waals surface area (Å²) in [6.07, 6.45) is 0.109. The molecule has 0 atom stereocenters. The first-order valence-electron chi connectivity index (χ1n) is 6.23. The Morgan fingerprint density at radius 1 is 1.05 bits per heavy atom. The number of nitrogens with zero attached hydrogens (tertiary/aromatic N) is 1. The summed E-state index contributed by atoms with van der Waals surface area (Å²) in [5.41, 5.74) is 1.39. The molecule has 4 nitrogen and oxygen atoms in total. The van der Waals surface area contributed by atoms with Crippen LogP contribution in [0, 0.1) is 0 Å². The molecule has 2 aromatic rings. The maximum Gasteiger partial charge on any atom is 0.332 e. The minimum absolute atomic E-state index is 0.109. The minimum Gasteiger partial charge on any atom is -0.315 e. The van der Waals surface area contributed by atoms with Crippen molar-refractivity contribution < 1.29 is 17.1 Å². The first-order valence-corrected chi connectivity index (χ1v) is 7.61. The lowest BCUT2D eigenvalue weighted by molar-refractivity contribution is -0.117. The first-order chi connectivity index (χ1) is 9.88. The Labute approximate surface area is 123 Å². The normalized spacial score (nSPS) is 11.1. The summed E-state index contributed by atoms with van der Waals surface area (Å²) in [6.45, 7) is 0. The highest BCUT2D eigenvalue weighted by Gasteiger charge is 2.14. The van der Waals surface area contributed by atoms with Crippen LogP contribution in [0.4, 0.5) is 9.57 Å². The molecule has 0 unspecified atom stereocenters. The predicted molar refractivity (Wildman–Crippen MR) is 78.3 cm³/mol. The van der Waals surface area contributed by atoms with Crippen LogP contribution in [-0.4, -0.2) is 21.4 Å². The number of halogens is 1. The van der Waals surface area contributed by atoms with Gasteiger partial charge in [-0.25, -0.2) is 0 Å². The van der Waals surface area contributed by atoms with Gasteiger partial charge in [0.25, 0.3) is 0 Å². The van der Waals surface area contributed by atoms with Crippen LogP contribution >= 0.6 is 0 Å². The van der Waals surface area contributed by atoms with Gasteiger partial charge in [-0.1, -0.05) is 30.3 Å². The van der Waals surface area contributed by atoms with Crippen molar-refractivity contribution in [3.05, 3.63) is 60.2 Å². The zero-order valence-corrected chi connectivity index (χ0v) is 12.2. The standard InChI is InChI=1S/C15H14FNO3S/c1-17(13-5-3-2-4-6-13)15(18)11-12-7-9-14(10-8-12)21(16,19)20/h2-10H,11H2,1H3. The maximum atomic E-state index is 12.8. The molecule has 6 heteroatoms. The average Bonchev–Trinajstić information content (AvgIpc) is 2.47. The molecular formula is C15H14FNO3S. The lowest BCUT2D eigenvalue weighted by Crippen LogP contribution is -2.27. The van der Waals surface area contributed by atoms with Gasteiger partial charge >= 0.3 is 10.2 Å². The third-order valence-electron chi connectivity index (χ3n) is 3.08. The summed E-state index contributed by atoms with van der Waals surface area (Å²) in [5, 5.41) is 0. The fourth-order valence-corrected chi connectivity index (χ4v) is 2.32. The topological polar surface area (TPSA) is 54.5 Å². The molecule has 0 spiro atoms. The number of likely N-dealkylation sites (N-methyl/N-ethyl adjacent to an activating group) is 1. The second-order valence-corrected chi connectivity index (χ2v) is 5.89. The number of hydrogen-bond acceptors (Lipinski definition) is 3. The fourth-order valence-electron chi connectivity index (χ4n) is 1.86. The van der Waals surface area contributed by atoms with Crippen molar-refractivity contribution in [3.63, 3.8) is 0 Å². The van der Waals surface area contributed by atoms with Gasteiger partial charge in [-0.15, -0.1) is 3.89 Å². The number of benzene rings is 2. The second-order valence-electron chi connectivity index (χ2n) is 4.55. The highest BCUT2D eigenvalue weighted by Crippen LogP contribution is 2.16. The Morgan fingerprint density at radius 2 is 1.62 bits per heavy atom. The van der Waals surface area contributed by atoms with Crippen molar-refractivity contribution in [3.8, 4) is 0 Å². The third kappa shape index (κ3) is 3.88. The predicted octanol–water partition coefficient (Wildman–Crippen LogP) is 2.55. The lowest BCUT2D eigenvalue weighted by Gasteiger charge is -2.17. The minimum atomic E-state index is -4.70. The van der Waals surface area contributed by atoms with Crippen molar-refractivity contribution in [2.45, 2.75) is 11.3 Å². The molecule has 0 bridgehead atoms. The maximum absolute atomic E-state index is 12.8. The van der Waals surface area contributed by atoms with Crippen molar-refractivity contribution in [2.75, 3.05) is 11.9 Å². The monoisotopic (exact) mass is 307 g/mol. The summed E-state index contributed by atoms with van der Waals surface area (Å²) < 4.78 is 34.2. The molecule has 0 heterocycles. The van der Waals surface area contributed by atoms with Gasteiger partial charge in [-0.05, 0) is 29.8 Å². The van der Waals surface area contributed by atoms with Crippen molar-refractivity contribution in [1.29, 1.82) is 0 Å². The van der Waals surface area contributed by atoms with Crippen LogP contribution < -0.4 is 4.90 Å². The quantitative estimate of drug-likeness (QED) is 0.816. The van der Waals surface area contributed by atoms with Gasteiger partial charge in [0.15, 0.2) is 0 Å². The highest BCUT2D eigenvalue weighted by atomic mass is 32.3. The zero-order valence-electron chi connectivity index (χ0n) is 11.4. The van der Waals surface area contributed by atoms with E-state index in [4.69, 9.17) is 0 Å². The van der Waals surface area contributed by atoms with Crippen LogP contribution in [-0.2, 0) is 21.4 Å². The van der Waals surface area contributed by atoms with E-state index in [1.165, 1.54) is 17.0 Å². The molecule has 2 aromatic carbocycles. The molecule has 0 aromatic heterocycles. The summed E-state index contributed by atoms with van der Waals surface area (Å²) in [4.78, 5) is 13.2. The number of rotatable bonds is 4. The van der Waals surface area contributed by atoms with Crippen molar-refractivity contribution in [1.82, 2.24) is 0 Å². The van der Waals surface area contributed by atoms with Crippen LogP contribution in [0.15, 0.2) is 59.5 Å². The molecular weight excluding hydrogens is 293 g/mol. The van der Waals surface area contributed by atoms with E-state index in [0.717, 1.165) is 17.8 Å². The first kappa shape index (κ1) is 15.2. The molecule has 0 aliphatic rings. The lowest BCUT2D eigenvalue weighted by atomic mass is 10.1. The van der Waals surface area contributed by atoms with E-state index < -0.39 is 15.1 Å². The average molecular weight is 307 g/mol. The molecule has 0 N–H and O–H groups in total. The molecule has 0 saturated carbocycles. The van der Waals surface area contributed by atoms with Gasteiger partial charge in [0.2, 0.25) is 5.91 Å². The van der Waals surface area contributed by atoms with Crippen LogP contribution in [0.1, 0.15) is 5.56 Å². The number of hydrogen-bond donors (Lipinski definition) is 0. The van der Waals surface area contributed by atoms with Gasteiger partial charge in [0, 0.05) is 12.7 Å². The Kier molecular flexibility index (Phi) is 4.37. The van der Waals surface area contributed by atoms with Gasteiger partial charge in [-0.3, -0.25) is 4.79 Å². The zero-order chi connectivity index (χ0) is 15.5. The molecule has 2 rings (SSSR count). The number of carbonyl (C=O) groups is 1. The van der Waals surface area contributed by atoms with Crippen LogP contribution in [0.25, 0.3) is 0 Å². The number of para-hydroxylation sites is 1. The van der Waals surface area contributed by atoms with Crippen LogP contribution in [0.2, 0.25) is 0 Å². The van der Waals surface area contributed by atoms with E-state index in [1.54, 1.807) is 7.05 Å². The highest BCUT2D eigenvalue weighted by molar-refractivity contribution is 7.86. The van der Waals surface area contributed by atoms with E-state index in [0.29, 0.717) is 5.56 Å². The van der Waals surface area contributed by atoms with E-state index in [9.17, 15) is 17.1 Å². The largest absolute Gasteiger partial charge is 0.332 e. The summed E-state index contributed by atoms with van der Waals surface area (Å²) in [6, 6.07) is 14.3. The summed E-state index contributed by atoms with van der Waals surface area (Å²) in [7, 11) is -3.04. The Hall–Kier alpha value is -2.21. The van der Waals surface area contributed by atoms with Gasteiger partial charge in [0.05, 0.1) is 11.3 Å². The molecule has 21 heavy (non-hydrogen) atoms. The SMILES string of the molecule is CN(C(=O)Cc1ccc(S(=O)(=O)F)cc1)c1ccccc1. The van der Waals surface area contributed by atoms with E-state index in [1.807, 2.05) is 30.3 Å². The molecule has 0 saturated heterocycles. The molecule has 1 amide bonds. The number of amides is 1. The molecule has 0 aliphatic heterocycles. The number of anilines is 1. The second kappa shape index (κ2) is 6.05. The Balaban J connectivity index is 2.10. The number of carbonyl (C=O) groups excluding carboxylic acids is 1. The Morgan fingerprint density at radius 3 is 2.14 bits per heavy atom. The van der Waals surface area contributed by atoms with Gasteiger partial charge in [0.1, 0.15) is 0 Å². The molecule has 0 fully saturated rings. The summed E-state index contributed by atoms with van der Waals surface area (Å²) >= 11 is 0. The van der Waals surface area contributed by atoms with Crippen LogP contribution in [0.3, 0.4) is 0 Å². The van der Waals surface area contributed by atoms with E-state index in [-0.39, 0.29) is 12.3 Å². The molecule has 0 radical (unpaired) electrons. The molecule has 110 valence electrons. The van der Waals surface area contributed by atoms with E-state index >= 15 is 0 Å². The smallest absolute Gasteiger partial charge is 0.315 e. The fraction of sp³-hybridized carbons (Fsp3) is 0.133. The Bertz CT molecular complexity index is 727. The van der Waals surface area contributed by atoms with Crippen LogP contribution in [0.5, 0.6) is 0 Å². The van der Waals surface area contributed by atoms with E-state index in [2.05, 4.69) is 0 Å². The van der Waals surface area contributed by atoms with Crippen molar-refractivity contribution in [2.24, 2.45) is 0 Å². The van der Waals surface area contributed by atoms with Crippen molar-refractivity contribution >= 4 is 21.8 Å². The van der Waals surface area contributed by atoms with Gasteiger partial charge in [-0.2, -0.15) is 8.42 Å². The third-order valence-corrected chi connectivity index (χ3v) is 3.91. The van der Waals surface area contributed by atoms with Gasteiger partial charge < -0.3 is 4.90 Å². The summed E-state index contributed by atoms with van der Waals surface area (Å²) in [5.74, 6) is -0.142.